The van der Waals surface area contributed by atoms with Crippen LogP contribution in [0.4, 0.5) is 0 Å². The Labute approximate surface area is 86.5 Å². The van der Waals surface area contributed by atoms with Crippen LogP contribution in [-0.2, 0) is 0 Å². The number of hydrogen-bond donors (Lipinski definition) is 1. The van der Waals surface area contributed by atoms with E-state index in [0.717, 1.165) is 16.8 Å². The predicted octanol–water partition coefficient (Wildman–Crippen LogP) is 2.80. The van der Waals surface area contributed by atoms with E-state index in [1.165, 1.54) is 0 Å². The molecule has 0 bridgehead atoms. The molecule has 1 aromatic carbocycles. The zero-order valence-electron chi connectivity index (χ0n) is 8.02. The highest BCUT2D eigenvalue weighted by Gasteiger charge is 2.04. The topological polar surface area (TPSA) is 32.9 Å². The number of halogens is 1. The highest BCUT2D eigenvalue weighted by atomic mass is 35.5. The van der Waals surface area contributed by atoms with Gasteiger partial charge in [-0.3, -0.25) is 4.79 Å². The Morgan fingerprint density at radius 3 is 2.71 bits per heavy atom. The molecule has 0 amide bonds. The van der Waals surface area contributed by atoms with Crippen molar-refractivity contribution in [3.63, 3.8) is 0 Å². The van der Waals surface area contributed by atoms with Gasteiger partial charge in [0.15, 0.2) is 5.43 Å². The Balaban J connectivity index is 2.98. The van der Waals surface area contributed by atoms with Crippen LogP contribution in [-0.4, -0.2) is 4.98 Å². The Morgan fingerprint density at radius 2 is 2.00 bits per heavy atom. The summed E-state index contributed by atoms with van der Waals surface area (Å²) < 4.78 is 0. The molecule has 0 radical (unpaired) electrons. The number of aryl methyl sites for hydroxylation is 1. The summed E-state index contributed by atoms with van der Waals surface area (Å²) in [7, 11) is 0. The van der Waals surface area contributed by atoms with Crippen LogP contribution in [0.25, 0.3) is 10.9 Å². The van der Waals surface area contributed by atoms with E-state index >= 15 is 0 Å². The van der Waals surface area contributed by atoms with E-state index in [9.17, 15) is 4.79 Å². The van der Waals surface area contributed by atoms with Crippen LogP contribution in [0.3, 0.4) is 0 Å². The van der Waals surface area contributed by atoms with E-state index in [1.54, 1.807) is 18.2 Å². The van der Waals surface area contributed by atoms with E-state index < -0.39 is 0 Å². The summed E-state index contributed by atoms with van der Waals surface area (Å²) in [5.41, 5.74) is 2.53. The second-order valence-electron chi connectivity index (χ2n) is 3.39. The third-order valence-corrected chi connectivity index (χ3v) is 2.69. The van der Waals surface area contributed by atoms with Crippen molar-refractivity contribution in [1.29, 1.82) is 0 Å². The normalized spacial score (nSPS) is 10.8. The van der Waals surface area contributed by atoms with Gasteiger partial charge < -0.3 is 4.98 Å². The molecular weight excluding hydrogens is 198 g/mol. The van der Waals surface area contributed by atoms with Gasteiger partial charge in [-0.1, -0.05) is 11.6 Å². The molecular formula is C11H10ClNO. The fourth-order valence-electron chi connectivity index (χ4n) is 1.49. The zero-order valence-corrected chi connectivity index (χ0v) is 8.77. The molecule has 0 saturated heterocycles. The van der Waals surface area contributed by atoms with Gasteiger partial charge in [-0.2, -0.15) is 0 Å². The molecule has 72 valence electrons. The first-order valence-electron chi connectivity index (χ1n) is 4.38. The molecule has 2 aromatic rings. The first-order chi connectivity index (χ1) is 6.59. The lowest BCUT2D eigenvalue weighted by molar-refractivity contribution is 1.18. The van der Waals surface area contributed by atoms with Gasteiger partial charge in [0.05, 0.1) is 5.52 Å². The molecule has 0 aliphatic heterocycles. The average molecular weight is 208 g/mol. The summed E-state index contributed by atoms with van der Waals surface area (Å²) in [4.78, 5) is 15.0. The second-order valence-corrected chi connectivity index (χ2v) is 3.83. The number of hydrogen-bond acceptors (Lipinski definition) is 1. The standard InChI is InChI=1S/C11H10ClNO/c1-6-7(2)13-10-5-8(12)3-4-9(10)11(6)14/h3-5H,1-2H3,(H,13,14). The van der Waals surface area contributed by atoms with Crippen LogP contribution in [0.5, 0.6) is 0 Å². The Kier molecular flexibility index (Phi) is 2.08. The lowest BCUT2D eigenvalue weighted by Gasteiger charge is -2.03. The van der Waals surface area contributed by atoms with Crippen molar-refractivity contribution in [2.75, 3.05) is 0 Å². The number of pyridine rings is 1. The fourth-order valence-corrected chi connectivity index (χ4v) is 1.66. The summed E-state index contributed by atoms with van der Waals surface area (Å²) >= 11 is 5.84. The third kappa shape index (κ3) is 1.32. The van der Waals surface area contributed by atoms with Gasteiger partial charge in [-0.05, 0) is 32.0 Å². The van der Waals surface area contributed by atoms with Crippen molar-refractivity contribution in [2.45, 2.75) is 13.8 Å². The number of aromatic amines is 1. The largest absolute Gasteiger partial charge is 0.358 e. The molecule has 1 heterocycles. The Bertz CT molecular complexity index is 557. The van der Waals surface area contributed by atoms with Crippen molar-refractivity contribution in [1.82, 2.24) is 4.98 Å². The Morgan fingerprint density at radius 1 is 1.29 bits per heavy atom. The summed E-state index contributed by atoms with van der Waals surface area (Å²) in [6, 6.07) is 5.25. The van der Waals surface area contributed by atoms with Crippen LogP contribution in [0, 0.1) is 13.8 Å². The van der Waals surface area contributed by atoms with E-state index in [-0.39, 0.29) is 5.43 Å². The number of H-pyrrole nitrogens is 1. The molecule has 3 heteroatoms. The summed E-state index contributed by atoms with van der Waals surface area (Å²) in [6.45, 7) is 3.71. The number of benzene rings is 1. The van der Waals surface area contributed by atoms with Crippen LogP contribution >= 0.6 is 11.6 Å². The predicted molar refractivity (Wildman–Crippen MR) is 59.1 cm³/mol. The first kappa shape index (κ1) is 9.28. The molecule has 1 aromatic heterocycles. The smallest absolute Gasteiger partial charge is 0.192 e. The van der Waals surface area contributed by atoms with E-state index in [1.807, 2.05) is 13.8 Å². The van der Waals surface area contributed by atoms with Crippen molar-refractivity contribution >= 4 is 22.5 Å². The summed E-state index contributed by atoms with van der Waals surface area (Å²) in [6.07, 6.45) is 0. The van der Waals surface area contributed by atoms with Crippen LogP contribution in [0.15, 0.2) is 23.0 Å². The number of rotatable bonds is 0. The van der Waals surface area contributed by atoms with E-state index in [2.05, 4.69) is 4.98 Å². The molecule has 14 heavy (non-hydrogen) atoms. The zero-order chi connectivity index (χ0) is 10.3. The minimum Gasteiger partial charge on any atom is -0.358 e. The SMILES string of the molecule is Cc1[nH]c2cc(Cl)ccc2c(=O)c1C. The monoisotopic (exact) mass is 207 g/mol. The van der Waals surface area contributed by atoms with Gasteiger partial charge in [-0.25, -0.2) is 0 Å². The molecule has 1 N–H and O–H groups in total. The van der Waals surface area contributed by atoms with E-state index in [0.29, 0.717) is 10.4 Å². The van der Waals surface area contributed by atoms with Gasteiger partial charge >= 0.3 is 0 Å². The maximum absolute atomic E-state index is 11.8. The second kappa shape index (κ2) is 3.14. The number of nitrogens with one attached hydrogen (secondary N) is 1. The molecule has 0 atom stereocenters. The summed E-state index contributed by atoms with van der Waals surface area (Å²) in [5, 5.41) is 1.33. The number of aromatic nitrogens is 1. The van der Waals surface area contributed by atoms with Gasteiger partial charge in [0.2, 0.25) is 0 Å². The van der Waals surface area contributed by atoms with Crippen LogP contribution < -0.4 is 5.43 Å². The van der Waals surface area contributed by atoms with Gasteiger partial charge in [-0.15, -0.1) is 0 Å². The highest BCUT2D eigenvalue weighted by molar-refractivity contribution is 6.31. The lowest BCUT2D eigenvalue weighted by atomic mass is 10.1. The minimum absolute atomic E-state index is 0.0768. The molecule has 0 spiro atoms. The first-order valence-corrected chi connectivity index (χ1v) is 4.76. The maximum Gasteiger partial charge on any atom is 0.192 e. The summed E-state index contributed by atoms with van der Waals surface area (Å²) in [5.74, 6) is 0. The molecule has 0 unspecified atom stereocenters. The third-order valence-electron chi connectivity index (χ3n) is 2.45. The molecule has 0 saturated carbocycles. The van der Waals surface area contributed by atoms with E-state index in [4.69, 9.17) is 11.6 Å². The average Bonchev–Trinajstić information content (AvgIpc) is 2.14. The quantitative estimate of drug-likeness (QED) is 0.708. The fraction of sp³-hybridized carbons (Fsp3) is 0.182. The number of fused-ring (bicyclic) bond motifs is 1. The Hall–Kier alpha value is -1.28. The van der Waals surface area contributed by atoms with Crippen molar-refractivity contribution in [2.24, 2.45) is 0 Å². The minimum atomic E-state index is 0.0768. The molecule has 0 aliphatic rings. The lowest BCUT2D eigenvalue weighted by Crippen LogP contribution is -2.09. The van der Waals surface area contributed by atoms with Gasteiger partial charge in [0, 0.05) is 21.7 Å². The maximum atomic E-state index is 11.8. The van der Waals surface area contributed by atoms with Gasteiger partial charge in [0.1, 0.15) is 0 Å². The molecule has 2 nitrogen and oxygen atoms in total. The van der Waals surface area contributed by atoms with Crippen LogP contribution in [0.1, 0.15) is 11.3 Å². The van der Waals surface area contributed by atoms with Crippen molar-refractivity contribution < 1.29 is 0 Å². The molecule has 2 rings (SSSR count). The van der Waals surface area contributed by atoms with Crippen molar-refractivity contribution in [3.8, 4) is 0 Å². The van der Waals surface area contributed by atoms with Gasteiger partial charge in [0.25, 0.3) is 0 Å². The van der Waals surface area contributed by atoms with Crippen molar-refractivity contribution in [3.05, 3.63) is 44.7 Å². The van der Waals surface area contributed by atoms with Crippen LogP contribution in [0.2, 0.25) is 5.02 Å². The molecule has 0 fully saturated rings. The highest BCUT2D eigenvalue weighted by Crippen LogP contribution is 2.16. The molecule has 0 aliphatic carbocycles.